The van der Waals surface area contributed by atoms with Crippen LogP contribution in [0.2, 0.25) is 0 Å². The summed E-state index contributed by atoms with van der Waals surface area (Å²) in [5.41, 5.74) is 6.16. The Kier molecular flexibility index (Phi) is 6.39. The van der Waals surface area contributed by atoms with Crippen LogP contribution in [0.5, 0.6) is 11.5 Å². The van der Waals surface area contributed by atoms with Crippen molar-refractivity contribution in [3.05, 3.63) is 83.4 Å². The van der Waals surface area contributed by atoms with Gasteiger partial charge in [0.2, 0.25) is 18.6 Å². The molecule has 8 nitrogen and oxygen atoms in total. The third kappa shape index (κ3) is 4.71. The highest BCUT2D eigenvalue weighted by Crippen LogP contribution is 2.37. The number of aliphatic hydroxyl groups excluding tert-OH is 1. The van der Waals surface area contributed by atoms with Gasteiger partial charge < -0.3 is 19.9 Å². The summed E-state index contributed by atoms with van der Waals surface area (Å²) in [5.74, 6) is -0.455. The molecule has 35 heavy (non-hydrogen) atoms. The molecule has 0 saturated heterocycles. The quantitative estimate of drug-likeness (QED) is 0.309. The van der Waals surface area contributed by atoms with Gasteiger partial charge in [-0.15, -0.1) is 0 Å². The second-order valence-corrected chi connectivity index (χ2v) is 8.82. The maximum Gasteiger partial charge on any atom is 0.244 e. The fraction of sp³-hybridized carbons (Fsp3) is 0.259. The third-order valence-electron chi connectivity index (χ3n) is 6.60. The predicted molar refractivity (Wildman–Crippen MR) is 127 cm³/mol. The first-order valence-corrected chi connectivity index (χ1v) is 11.5. The molecule has 0 saturated carbocycles. The molecule has 5 rings (SSSR count). The Bertz CT molecular complexity index is 1260. The van der Waals surface area contributed by atoms with E-state index in [0.29, 0.717) is 17.9 Å². The molecule has 0 bridgehead atoms. The lowest BCUT2D eigenvalue weighted by molar-refractivity contribution is -0.135. The zero-order chi connectivity index (χ0) is 24.4. The van der Waals surface area contributed by atoms with Crippen molar-refractivity contribution in [3.63, 3.8) is 0 Å². The topological polar surface area (TPSA) is 117 Å². The SMILES string of the molecule is O=C(CC(Cc1ccccc1-c1ccc2c(c1)OCO2)C(=O)NC1c2ccccc2CC1O)NO. The highest BCUT2D eigenvalue weighted by atomic mass is 16.7. The summed E-state index contributed by atoms with van der Waals surface area (Å²) in [6, 6.07) is 20.3. The first kappa shape index (κ1) is 22.9. The van der Waals surface area contributed by atoms with E-state index >= 15 is 0 Å². The van der Waals surface area contributed by atoms with E-state index in [1.165, 1.54) is 0 Å². The van der Waals surface area contributed by atoms with Gasteiger partial charge in [0.1, 0.15) is 0 Å². The molecular formula is C27H26N2O6. The second kappa shape index (κ2) is 9.77. The van der Waals surface area contributed by atoms with Gasteiger partial charge in [0.15, 0.2) is 11.5 Å². The molecule has 1 heterocycles. The van der Waals surface area contributed by atoms with Crippen molar-refractivity contribution in [2.45, 2.75) is 31.4 Å². The number of hydrogen-bond donors (Lipinski definition) is 4. The molecule has 2 aliphatic rings. The van der Waals surface area contributed by atoms with Crippen LogP contribution < -0.4 is 20.3 Å². The molecule has 3 aromatic rings. The molecule has 0 aromatic heterocycles. The number of ether oxygens (including phenoxy) is 2. The highest BCUT2D eigenvalue weighted by molar-refractivity contribution is 5.86. The first-order chi connectivity index (χ1) is 17.0. The summed E-state index contributed by atoms with van der Waals surface area (Å²) in [6.45, 7) is 0.176. The lowest BCUT2D eigenvalue weighted by atomic mass is 9.89. The van der Waals surface area contributed by atoms with Crippen molar-refractivity contribution in [1.29, 1.82) is 0 Å². The molecule has 1 aliphatic carbocycles. The van der Waals surface area contributed by atoms with E-state index < -0.39 is 24.0 Å². The van der Waals surface area contributed by atoms with Crippen LogP contribution in [0, 0.1) is 5.92 Å². The molecule has 8 heteroatoms. The first-order valence-electron chi connectivity index (χ1n) is 11.5. The zero-order valence-electron chi connectivity index (χ0n) is 18.9. The number of carbonyl (C=O) groups excluding carboxylic acids is 2. The van der Waals surface area contributed by atoms with E-state index in [0.717, 1.165) is 27.8 Å². The Balaban J connectivity index is 1.41. The van der Waals surface area contributed by atoms with Crippen molar-refractivity contribution >= 4 is 11.8 Å². The smallest absolute Gasteiger partial charge is 0.244 e. The van der Waals surface area contributed by atoms with Gasteiger partial charge in [0.05, 0.1) is 18.1 Å². The fourth-order valence-electron chi connectivity index (χ4n) is 4.86. The van der Waals surface area contributed by atoms with E-state index in [-0.39, 0.29) is 25.5 Å². The predicted octanol–water partition coefficient (Wildman–Crippen LogP) is 2.91. The number of amides is 2. The summed E-state index contributed by atoms with van der Waals surface area (Å²) < 4.78 is 10.9. The van der Waals surface area contributed by atoms with Crippen LogP contribution in [0.3, 0.4) is 0 Å². The molecule has 3 atom stereocenters. The van der Waals surface area contributed by atoms with Crippen molar-refractivity contribution in [1.82, 2.24) is 10.8 Å². The number of fused-ring (bicyclic) bond motifs is 2. The molecule has 2 amide bonds. The van der Waals surface area contributed by atoms with Crippen molar-refractivity contribution < 1.29 is 29.4 Å². The average molecular weight is 475 g/mol. The van der Waals surface area contributed by atoms with Crippen molar-refractivity contribution in [3.8, 4) is 22.6 Å². The van der Waals surface area contributed by atoms with Gasteiger partial charge in [0.25, 0.3) is 0 Å². The Hall–Kier alpha value is -3.88. The minimum absolute atomic E-state index is 0.176. The van der Waals surface area contributed by atoms with Crippen LogP contribution in [0.4, 0.5) is 0 Å². The van der Waals surface area contributed by atoms with E-state index in [4.69, 9.17) is 14.7 Å². The van der Waals surface area contributed by atoms with Crippen LogP contribution in [0.15, 0.2) is 66.7 Å². The summed E-state index contributed by atoms with van der Waals surface area (Å²) in [5, 5.41) is 22.6. The number of hydroxylamine groups is 1. The summed E-state index contributed by atoms with van der Waals surface area (Å²) in [6.07, 6.45) is -0.239. The second-order valence-electron chi connectivity index (χ2n) is 8.82. The fourth-order valence-corrected chi connectivity index (χ4v) is 4.86. The van der Waals surface area contributed by atoms with Gasteiger partial charge in [-0.2, -0.15) is 0 Å². The molecule has 1 aliphatic heterocycles. The van der Waals surface area contributed by atoms with E-state index in [1.807, 2.05) is 66.7 Å². The average Bonchev–Trinajstić information content (AvgIpc) is 3.47. The van der Waals surface area contributed by atoms with Crippen LogP contribution in [-0.4, -0.2) is 35.0 Å². The molecule has 3 unspecified atom stereocenters. The van der Waals surface area contributed by atoms with Crippen LogP contribution in [0.25, 0.3) is 11.1 Å². The summed E-state index contributed by atoms with van der Waals surface area (Å²) >= 11 is 0. The normalized spacial score (nSPS) is 18.6. The number of nitrogens with one attached hydrogen (secondary N) is 2. The molecule has 0 fully saturated rings. The zero-order valence-corrected chi connectivity index (χ0v) is 18.9. The van der Waals surface area contributed by atoms with E-state index in [1.54, 1.807) is 5.48 Å². The molecule has 0 spiro atoms. The Labute approximate surface area is 202 Å². The molecule has 0 radical (unpaired) electrons. The van der Waals surface area contributed by atoms with Gasteiger partial charge >= 0.3 is 0 Å². The number of carbonyl (C=O) groups is 2. The van der Waals surface area contributed by atoms with Crippen molar-refractivity contribution in [2.24, 2.45) is 5.92 Å². The lowest BCUT2D eigenvalue weighted by Crippen LogP contribution is -2.40. The highest BCUT2D eigenvalue weighted by Gasteiger charge is 2.34. The van der Waals surface area contributed by atoms with Gasteiger partial charge in [-0.25, -0.2) is 5.48 Å². The molecule has 4 N–H and O–H groups in total. The molecule has 180 valence electrons. The monoisotopic (exact) mass is 474 g/mol. The number of aliphatic hydroxyl groups is 1. The third-order valence-corrected chi connectivity index (χ3v) is 6.60. The standard InChI is InChI=1S/C27H26N2O6/c30-22-12-17-6-2-4-8-21(17)26(22)28-27(32)19(14-25(31)29-33)11-16-5-1-3-7-20(16)18-9-10-23-24(13-18)35-15-34-23/h1-10,13,19,22,26,30,33H,11-12,14-15H2,(H,28,32)(H,29,31). The lowest BCUT2D eigenvalue weighted by Gasteiger charge is -2.23. The minimum Gasteiger partial charge on any atom is -0.454 e. The van der Waals surface area contributed by atoms with Crippen molar-refractivity contribution in [2.75, 3.05) is 6.79 Å². The van der Waals surface area contributed by atoms with Gasteiger partial charge in [-0.1, -0.05) is 54.6 Å². The van der Waals surface area contributed by atoms with E-state index in [9.17, 15) is 14.7 Å². The van der Waals surface area contributed by atoms with E-state index in [2.05, 4.69) is 5.32 Å². The Morgan fingerprint density at radius 3 is 2.63 bits per heavy atom. The van der Waals surface area contributed by atoms with Crippen LogP contribution in [0.1, 0.15) is 29.2 Å². The van der Waals surface area contributed by atoms with Gasteiger partial charge in [-0.05, 0) is 46.4 Å². The maximum atomic E-state index is 13.4. The Morgan fingerprint density at radius 2 is 1.77 bits per heavy atom. The molecule has 3 aromatic carbocycles. The van der Waals surface area contributed by atoms with Gasteiger partial charge in [-0.3, -0.25) is 14.8 Å². The Morgan fingerprint density at radius 1 is 1.00 bits per heavy atom. The van der Waals surface area contributed by atoms with Gasteiger partial charge in [0, 0.05) is 12.8 Å². The number of benzene rings is 3. The summed E-state index contributed by atoms with van der Waals surface area (Å²) in [4.78, 5) is 25.5. The maximum absolute atomic E-state index is 13.4. The van der Waals surface area contributed by atoms with Crippen LogP contribution >= 0.6 is 0 Å². The minimum atomic E-state index is -0.766. The van der Waals surface area contributed by atoms with Crippen LogP contribution in [-0.2, 0) is 22.4 Å². The number of rotatable bonds is 7. The largest absolute Gasteiger partial charge is 0.454 e. The molecular weight excluding hydrogens is 448 g/mol. The number of hydrogen-bond acceptors (Lipinski definition) is 6. The summed E-state index contributed by atoms with van der Waals surface area (Å²) in [7, 11) is 0.